The lowest BCUT2D eigenvalue weighted by Gasteiger charge is -2.48. The van der Waals surface area contributed by atoms with Gasteiger partial charge in [0.1, 0.15) is 36.1 Å². The highest BCUT2D eigenvalue weighted by molar-refractivity contribution is 5.89. The summed E-state index contributed by atoms with van der Waals surface area (Å²) < 4.78 is 0. The number of hydrogen-bond donors (Lipinski definition) is 8. The Morgan fingerprint density at radius 3 is 2.24 bits per heavy atom. The number of nitrogens with one attached hydrogen (secondary N) is 2. The molecule has 9 heteroatoms. The third-order valence-electron chi connectivity index (χ3n) is 4.37. The molecule has 0 spiro atoms. The molecule has 1 aromatic carbocycles. The fourth-order valence-electron chi connectivity index (χ4n) is 2.87. The molecule has 0 saturated heterocycles. The second kappa shape index (κ2) is 7.65. The number of aliphatic hydroxyl groups excluding tert-OH is 5. The van der Waals surface area contributed by atoms with Crippen LogP contribution in [0.2, 0.25) is 0 Å². The number of hydrogen-bond acceptors (Lipinski definition) is 7. The second-order valence-electron chi connectivity index (χ2n) is 6.15. The second-order valence-corrected chi connectivity index (χ2v) is 6.15. The van der Waals surface area contributed by atoms with Crippen LogP contribution in [-0.4, -0.2) is 73.7 Å². The minimum atomic E-state index is -2.43. The Kier molecular flexibility index (Phi) is 5.99. The largest absolute Gasteiger partial charge is 0.387 e. The number of carbonyl (C=O) groups excluding carboxylic acids is 1. The minimum absolute atomic E-state index is 0.0363. The Morgan fingerprint density at radius 2 is 1.68 bits per heavy atom. The number of carbonyl (C=O) groups is 1. The fourth-order valence-corrected chi connectivity index (χ4v) is 2.87. The highest BCUT2D eigenvalue weighted by Gasteiger charge is 2.58. The summed E-state index contributed by atoms with van der Waals surface area (Å²) in [5.41, 5.74) is -2.20. The van der Waals surface area contributed by atoms with Crippen LogP contribution in [-0.2, 0) is 5.60 Å². The normalized spacial score (nSPS) is 35.2. The molecule has 0 heterocycles. The van der Waals surface area contributed by atoms with Crippen molar-refractivity contribution in [2.24, 2.45) is 0 Å². The van der Waals surface area contributed by atoms with Gasteiger partial charge in [0.2, 0.25) is 0 Å². The number of rotatable bonds is 4. The molecule has 0 aliphatic heterocycles. The molecule has 0 aromatic heterocycles. The summed E-state index contributed by atoms with van der Waals surface area (Å²) in [4.78, 5) is 11.7. The molecule has 1 aromatic rings. The predicted molar refractivity (Wildman–Crippen MR) is 87.7 cm³/mol. The summed E-state index contributed by atoms with van der Waals surface area (Å²) in [6, 6.07) is 5.19. The van der Waals surface area contributed by atoms with Crippen LogP contribution in [0.4, 0.5) is 10.5 Å². The summed E-state index contributed by atoms with van der Waals surface area (Å²) in [6.45, 7) is 2.37. The van der Waals surface area contributed by atoms with E-state index in [9.17, 15) is 35.4 Å². The molecule has 8 N–H and O–H groups in total. The van der Waals surface area contributed by atoms with Gasteiger partial charge in [-0.1, -0.05) is 19.1 Å². The van der Waals surface area contributed by atoms with Crippen molar-refractivity contribution in [3.05, 3.63) is 29.8 Å². The topological polar surface area (TPSA) is 163 Å². The van der Waals surface area contributed by atoms with E-state index in [1.165, 1.54) is 24.3 Å². The molecular formula is C16H24N2O7. The fraction of sp³-hybridized carbons (Fsp3) is 0.562. The average Bonchev–Trinajstić information content (AvgIpc) is 2.61. The number of amides is 2. The highest BCUT2D eigenvalue weighted by atomic mass is 16.4. The van der Waals surface area contributed by atoms with E-state index < -0.39 is 42.2 Å². The smallest absolute Gasteiger partial charge is 0.319 e. The van der Waals surface area contributed by atoms with E-state index in [2.05, 4.69) is 10.6 Å². The first-order valence-electron chi connectivity index (χ1n) is 8.01. The van der Waals surface area contributed by atoms with Crippen molar-refractivity contribution >= 4 is 11.7 Å². The molecule has 1 aliphatic carbocycles. The van der Waals surface area contributed by atoms with Crippen molar-refractivity contribution in [3.8, 4) is 0 Å². The van der Waals surface area contributed by atoms with E-state index >= 15 is 0 Å². The van der Waals surface area contributed by atoms with Gasteiger partial charge >= 0.3 is 6.03 Å². The van der Waals surface area contributed by atoms with E-state index in [1.807, 2.05) is 6.92 Å². The monoisotopic (exact) mass is 356 g/mol. The van der Waals surface area contributed by atoms with E-state index in [4.69, 9.17) is 0 Å². The van der Waals surface area contributed by atoms with Crippen LogP contribution in [0, 0.1) is 0 Å². The Labute approximate surface area is 144 Å². The molecule has 9 nitrogen and oxygen atoms in total. The van der Waals surface area contributed by atoms with Crippen LogP contribution in [0.1, 0.15) is 18.9 Å². The van der Waals surface area contributed by atoms with Gasteiger partial charge in [-0.2, -0.15) is 0 Å². The van der Waals surface area contributed by atoms with Crippen LogP contribution in [0.15, 0.2) is 24.3 Å². The Bertz CT molecular complexity index is 596. The van der Waals surface area contributed by atoms with E-state index in [-0.39, 0.29) is 11.3 Å². The average molecular weight is 356 g/mol. The molecule has 2 amide bonds. The number of benzene rings is 1. The van der Waals surface area contributed by atoms with Crippen molar-refractivity contribution in [1.82, 2.24) is 5.32 Å². The maximum atomic E-state index is 11.7. The van der Waals surface area contributed by atoms with Gasteiger partial charge < -0.3 is 41.3 Å². The van der Waals surface area contributed by atoms with Gasteiger partial charge in [0.15, 0.2) is 0 Å². The molecule has 2 rings (SSSR count). The van der Waals surface area contributed by atoms with E-state index in [0.717, 1.165) is 6.42 Å². The quantitative estimate of drug-likeness (QED) is 0.316. The lowest BCUT2D eigenvalue weighted by atomic mass is 9.71. The molecule has 0 radical (unpaired) electrons. The van der Waals surface area contributed by atoms with Crippen LogP contribution >= 0.6 is 0 Å². The third-order valence-corrected chi connectivity index (χ3v) is 4.37. The Balaban J connectivity index is 2.30. The van der Waals surface area contributed by atoms with Gasteiger partial charge in [-0.3, -0.25) is 0 Å². The summed E-state index contributed by atoms with van der Waals surface area (Å²) in [5, 5.41) is 65.5. The Morgan fingerprint density at radius 1 is 1.08 bits per heavy atom. The molecule has 6 atom stereocenters. The van der Waals surface area contributed by atoms with Gasteiger partial charge in [0, 0.05) is 12.2 Å². The number of aliphatic hydroxyl groups is 6. The molecular weight excluding hydrogens is 332 g/mol. The highest BCUT2D eigenvalue weighted by Crippen LogP contribution is 2.39. The zero-order valence-electron chi connectivity index (χ0n) is 13.7. The molecule has 0 bridgehead atoms. The van der Waals surface area contributed by atoms with Crippen LogP contribution in [0.5, 0.6) is 0 Å². The minimum Gasteiger partial charge on any atom is -0.387 e. The van der Waals surface area contributed by atoms with Gasteiger partial charge in [-0.25, -0.2) is 4.79 Å². The first-order chi connectivity index (χ1) is 11.7. The lowest BCUT2D eigenvalue weighted by Crippen LogP contribution is -2.68. The van der Waals surface area contributed by atoms with Crippen molar-refractivity contribution in [1.29, 1.82) is 0 Å². The first kappa shape index (κ1) is 19.6. The number of urea groups is 1. The zero-order valence-corrected chi connectivity index (χ0v) is 13.7. The number of anilines is 1. The third kappa shape index (κ3) is 3.61. The van der Waals surface area contributed by atoms with Crippen molar-refractivity contribution < 1.29 is 35.4 Å². The van der Waals surface area contributed by atoms with Gasteiger partial charge in [-0.05, 0) is 24.1 Å². The summed E-state index contributed by atoms with van der Waals surface area (Å²) in [6.07, 6.45) is -8.70. The van der Waals surface area contributed by atoms with Crippen molar-refractivity contribution in [2.75, 3.05) is 11.9 Å². The summed E-state index contributed by atoms with van der Waals surface area (Å²) in [5.74, 6) is 0. The van der Waals surface area contributed by atoms with Crippen molar-refractivity contribution in [3.63, 3.8) is 0 Å². The zero-order chi connectivity index (χ0) is 18.8. The lowest BCUT2D eigenvalue weighted by molar-refractivity contribution is -0.273. The van der Waals surface area contributed by atoms with Crippen molar-refractivity contribution in [2.45, 2.75) is 49.5 Å². The van der Waals surface area contributed by atoms with Crippen LogP contribution in [0.25, 0.3) is 0 Å². The first-order valence-corrected chi connectivity index (χ1v) is 8.01. The van der Waals surface area contributed by atoms with Gasteiger partial charge in [-0.15, -0.1) is 0 Å². The van der Waals surface area contributed by atoms with Gasteiger partial charge in [0.25, 0.3) is 0 Å². The molecule has 1 aliphatic rings. The molecule has 140 valence electrons. The maximum Gasteiger partial charge on any atom is 0.319 e. The standard InChI is InChI=1S/C16H24N2O7/c1-2-6-17-15(24)18-9-5-3-4-8(7-9)16(25)13(22)11(20)10(19)12(21)14(16)23/h3-5,7,10-14,19-23,25H,2,6H2,1H3,(H2,17,18,24)/t10?,11-,12+,13-,14-,16?/m1/s1. The summed E-state index contributed by atoms with van der Waals surface area (Å²) >= 11 is 0. The predicted octanol–water partition coefficient (Wildman–Crippen LogP) is -1.78. The van der Waals surface area contributed by atoms with E-state index in [1.54, 1.807) is 0 Å². The van der Waals surface area contributed by atoms with Crippen LogP contribution in [0.3, 0.4) is 0 Å². The molecule has 1 fully saturated rings. The van der Waals surface area contributed by atoms with E-state index in [0.29, 0.717) is 6.54 Å². The molecule has 2 unspecified atom stereocenters. The SMILES string of the molecule is CCCNC(=O)Nc1cccc(C2(O)[C@H](O)[C@H](O)C(O)[C@H](O)[C@H]2O)c1. The molecule has 1 saturated carbocycles. The van der Waals surface area contributed by atoms with Crippen LogP contribution < -0.4 is 10.6 Å². The Hall–Kier alpha value is -1.75. The maximum absolute atomic E-state index is 11.7. The van der Waals surface area contributed by atoms with Gasteiger partial charge in [0.05, 0.1) is 0 Å². The summed E-state index contributed by atoms with van der Waals surface area (Å²) in [7, 11) is 0. The molecule has 25 heavy (non-hydrogen) atoms.